The van der Waals surface area contributed by atoms with E-state index in [0.717, 1.165) is 6.07 Å². The summed E-state index contributed by atoms with van der Waals surface area (Å²) in [5.74, 6) is -2.70. The van der Waals surface area contributed by atoms with Crippen LogP contribution in [0.15, 0.2) is 138 Å². The predicted octanol–water partition coefficient (Wildman–Crippen LogP) is 5.29. The third-order valence-electron chi connectivity index (χ3n) is 9.27. The van der Waals surface area contributed by atoms with Gasteiger partial charge in [-0.2, -0.15) is 0 Å². The fourth-order valence-corrected chi connectivity index (χ4v) is 6.74. The van der Waals surface area contributed by atoms with E-state index in [1.807, 2.05) is 91.0 Å². The largest absolute Gasteiger partial charge is 0.506 e. The molecule has 0 aliphatic rings. The molecule has 1 aromatic heterocycles. The lowest BCUT2D eigenvalue weighted by molar-refractivity contribution is -0.128. The molecule has 0 saturated heterocycles. The lowest BCUT2D eigenvalue weighted by Gasteiger charge is -2.48. The van der Waals surface area contributed by atoms with Crippen LogP contribution in [-0.4, -0.2) is 56.0 Å². The van der Waals surface area contributed by atoms with Crippen LogP contribution < -0.4 is 16.1 Å². The van der Waals surface area contributed by atoms with Gasteiger partial charge in [0.25, 0.3) is 5.91 Å². The number of aromatic nitrogens is 1. The maximum atomic E-state index is 15.6. The van der Waals surface area contributed by atoms with E-state index in [0.29, 0.717) is 22.3 Å². The molecule has 11 nitrogen and oxygen atoms in total. The summed E-state index contributed by atoms with van der Waals surface area (Å²) >= 11 is 0. The number of carbonyl (C=O) groups excluding carboxylic acids is 3. The van der Waals surface area contributed by atoms with Crippen LogP contribution in [0, 0.1) is 0 Å². The fraction of sp³-hybridized carbons (Fsp3) is 0.143. The Morgan fingerprint density at radius 2 is 1.30 bits per heavy atom. The molecule has 0 aliphatic heterocycles. The Morgan fingerprint density at radius 3 is 1.85 bits per heavy atom. The molecule has 0 aliphatic carbocycles. The second-order valence-electron chi connectivity index (χ2n) is 12.5. The number of H-pyrrole nitrogens is 1. The molecule has 53 heavy (non-hydrogen) atoms. The predicted molar refractivity (Wildman–Crippen MR) is 200 cm³/mol. The molecule has 268 valence electrons. The van der Waals surface area contributed by atoms with Crippen LogP contribution in [0.4, 0.5) is 0 Å². The maximum absolute atomic E-state index is 15.6. The first-order valence-corrected chi connectivity index (χ1v) is 17.0. The van der Waals surface area contributed by atoms with E-state index < -0.39 is 28.8 Å². The van der Waals surface area contributed by atoms with Gasteiger partial charge in [0, 0.05) is 31.5 Å². The number of fused-ring (bicyclic) bond motifs is 1. The van der Waals surface area contributed by atoms with Gasteiger partial charge in [0.15, 0.2) is 16.9 Å². The number of aromatic hydroxyl groups is 3. The molecule has 6 aromatic rings. The Labute approximate surface area is 305 Å². The lowest BCUT2D eigenvalue weighted by atomic mass is 9.74. The van der Waals surface area contributed by atoms with Crippen LogP contribution in [0.1, 0.15) is 45.6 Å². The molecule has 0 fully saturated rings. The number of phenols is 3. The number of carbonyl (C=O) groups is 3. The van der Waals surface area contributed by atoms with E-state index in [-0.39, 0.29) is 59.1 Å². The van der Waals surface area contributed by atoms with Gasteiger partial charge in [-0.1, -0.05) is 103 Å². The Balaban J connectivity index is 1.65. The van der Waals surface area contributed by atoms with Gasteiger partial charge in [0.1, 0.15) is 23.0 Å². The monoisotopic (exact) mass is 710 g/mol. The molecule has 0 saturated carbocycles. The molecule has 1 atom stereocenters. The van der Waals surface area contributed by atoms with Gasteiger partial charge >= 0.3 is 0 Å². The summed E-state index contributed by atoms with van der Waals surface area (Å²) < 4.78 is 0. The van der Waals surface area contributed by atoms with Crippen LogP contribution in [0.2, 0.25) is 0 Å². The topological polar surface area (TPSA) is 172 Å². The van der Waals surface area contributed by atoms with Gasteiger partial charge in [-0.05, 0) is 52.9 Å². The first-order valence-electron chi connectivity index (χ1n) is 17.0. The molecule has 0 radical (unpaired) electrons. The molecule has 1 heterocycles. The van der Waals surface area contributed by atoms with Crippen molar-refractivity contribution in [1.82, 2.24) is 20.5 Å². The number of pyridine rings is 1. The normalized spacial score (nSPS) is 11.8. The molecule has 0 bridgehead atoms. The molecule has 6 N–H and O–H groups in total. The van der Waals surface area contributed by atoms with Crippen molar-refractivity contribution in [3.63, 3.8) is 0 Å². The van der Waals surface area contributed by atoms with Crippen molar-refractivity contribution in [2.75, 3.05) is 7.05 Å². The van der Waals surface area contributed by atoms with Gasteiger partial charge in [0.05, 0.1) is 5.52 Å². The average Bonchev–Trinajstić information content (AvgIpc) is 3.19. The maximum Gasteiger partial charge on any atom is 0.272 e. The molecule has 0 spiro atoms. The van der Waals surface area contributed by atoms with Gasteiger partial charge in [-0.25, -0.2) is 0 Å². The van der Waals surface area contributed by atoms with Crippen molar-refractivity contribution in [1.29, 1.82) is 0 Å². The number of rotatable bonds is 12. The Morgan fingerprint density at radius 1 is 0.717 bits per heavy atom. The number of nitrogens with one attached hydrogen (secondary N) is 3. The Hall–Kier alpha value is -6.88. The van der Waals surface area contributed by atoms with E-state index >= 15 is 4.79 Å². The summed E-state index contributed by atoms with van der Waals surface area (Å²) in [6, 6.07) is 35.9. The number of hydrogen-bond acceptors (Lipinski definition) is 7. The second-order valence-corrected chi connectivity index (χ2v) is 12.5. The number of nitrogens with zero attached hydrogens (tertiary/aromatic N) is 1. The van der Waals surface area contributed by atoms with Gasteiger partial charge in [-0.3, -0.25) is 19.2 Å². The van der Waals surface area contributed by atoms with Crippen molar-refractivity contribution in [2.45, 2.75) is 31.0 Å². The highest BCUT2D eigenvalue weighted by molar-refractivity contribution is 6.00. The van der Waals surface area contributed by atoms with Crippen molar-refractivity contribution in [3.05, 3.63) is 172 Å². The molecular formula is C42H38N4O7. The minimum absolute atomic E-state index is 0.0477. The second kappa shape index (κ2) is 15.6. The molecule has 0 unspecified atom stereocenters. The summed E-state index contributed by atoms with van der Waals surface area (Å²) in [4.78, 5) is 61.1. The lowest BCUT2D eigenvalue weighted by Crippen LogP contribution is -2.60. The number of para-hydroxylation sites is 1. The van der Waals surface area contributed by atoms with Crippen LogP contribution in [0.25, 0.3) is 10.9 Å². The van der Waals surface area contributed by atoms with Crippen molar-refractivity contribution >= 4 is 28.6 Å². The highest BCUT2D eigenvalue weighted by atomic mass is 16.3. The Kier molecular flexibility index (Phi) is 10.6. The zero-order chi connectivity index (χ0) is 37.5. The quantitative estimate of drug-likeness (QED) is 0.0740. The van der Waals surface area contributed by atoms with Crippen LogP contribution in [0.3, 0.4) is 0 Å². The van der Waals surface area contributed by atoms with E-state index in [9.17, 15) is 29.7 Å². The minimum atomic E-state index is -1.55. The summed E-state index contributed by atoms with van der Waals surface area (Å²) in [5, 5.41) is 36.4. The van der Waals surface area contributed by atoms with Crippen LogP contribution in [-0.2, 0) is 21.7 Å². The van der Waals surface area contributed by atoms with Gasteiger partial charge in [-0.15, -0.1) is 0 Å². The number of aromatic amines is 1. The van der Waals surface area contributed by atoms with E-state index in [4.69, 9.17) is 0 Å². The van der Waals surface area contributed by atoms with Gasteiger partial charge < -0.3 is 35.8 Å². The molecule has 5 aromatic carbocycles. The summed E-state index contributed by atoms with van der Waals surface area (Å²) in [6.07, 6.45) is -0.294. The molecule has 3 amide bonds. The van der Waals surface area contributed by atoms with E-state index in [1.165, 1.54) is 48.3 Å². The zero-order valence-corrected chi connectivity index (χ0v) is 28.8. The third-order valence-corrected chi connectivity index (χ3v) is 9.27. The van der Waals surface area contributed by atoms with Crippen molar-refractivity contribution < 1.29 is 29.7 Å². The number of benzene rings is 5. The number of phenolic OH excluding ortho intramolecular Hbond substituents is 3. The smallest absolute Gasteiger partial charge is 0.272 e. The summed E-state index contributed by atoms with van der Waals surface area (Å²) in [5.41, 5.74) is 0.0673. The fourth-order valence-electron chi connectivity index (χ4n) is 6.74. The number of amides is 3. The first-order chi connectivity index (χ1) is 25.6. The highest BCUT2D eigenvalue weighted by Gasteiger charge is 2.50. The third kappa shape index (κ3) is 7.18. The van der Waals surface area contributed by atoms with E-state index in [2.05, 4.69) is 15.6 Å². The van der Waals surface area contributed by atoms with Crippen molar-refractivity contribution in [2.24, 2.45) is 0 Å². The van der Waals surface area contributed by atoms with Crippen molar-refractivity contribution in [3.8, 4) is 17.2 Å². The average molecular weight is 711 g/mol. The Bertz CT molecular complexity index is 2220. The van der Waals surface area contributed by atoms with Gasteiger partial charge in [0.2, 0.25) is 11.8 Å². The standard InChI is InChI=1S/C42H38N4O7/c1-43-38(51)23-21-33(40(52)44-26-27-20-22-34(47)37(50)24-27)46(41(53)32-25-36(49)31-18-11-19-35(48)39(31)45-32)42(28-12-5-2-6-13-28,29-14-7-3-8-15-29)30-16-9-4-10-17-30/h2-20,22,24-25,33,47-48,50H,21,23,26H2,1H3,(H,43,51)(H,44,52)(H,45,49)/t33-/m0/s1. The molecule has 6 rings (SSSR count). The number of hydrogen-bond donors (Lipinski definition) is 6. The van der Waals surface area contributed by atoms with Crippen LogP contribution in [0.5, 0.6) is 17.2 Å². The molecular weight excluding hydrogens is 672 g/mol. The van der Waals surface area contributed by atoms with E-state index in [1.54, 1.807) is 0 Å². The van der Waals surface area contributed by atoms with Crippen LogP contribution >= 0.6 is 0 Å². The first kappa shape index (κ1) is 35.9. The summed E-state index contributed by atoms with van der Waals surface area (Å²) in [6.45, 7) is -0.0964. The highest BCUT2D eigenvalue weighted by Crippen LogP contribution is 2.45. The zero-order valence-electron chi connectivity index (χ0n) is 28.8. The summed E-state index contributed by atoms with van der Waals surface area (Å²) in [7, 11) is 1.48. The minimum Gasteiger partial charge on any atom is -0.506 e. The molecule has 11 heteroatoms. The SMILES string of the molecule is CNC(=O)CC[C@@H](C(=O)NCc1ccc(O)c(O)c1)N(C(=O)c1cc(=O)c2cccc(O)c2[nH]1)C(c1ccccc1)(c1ccccc1)c1ccccc1.